The van der Waals surface area contributed by atoms with Crippen LogP contribution in [0.2, 0.25) is 0 Å². The zero-order chi connectivity index (χ0) is 28.6. The molecule has 0 spiro atoms. The molecular weight excluding hydrogens is 504 g/mol. The molecule has 8 heteroatoms. The molecule has 0 unspecified atom stereocenters. The average molecular weight is 541 g/mol. The van der Waals surface area contributed by atoms with Crippen LogP contribution < -0.4 is 22.3 Å². The van der Waals surface area contributed by atoms with Gasteiger partial charge in [0.05, 0.1) is 12.2 Å². The molecule has 4 aromatic rings. The monoisotopic (exact) mass is 540 g/mol. The van der Waals surface area contributed by atoms with Gasteiger partial charge in [-0.05, 0) is 66.6 Å². The number of anilines is 2. The number of carbonyl (C=O) groups excluding carboxylic acids is 1. The lowest BCUT2D eigenvalue weighted by atomic mass is 9.96. The van der Waals surface area contributed by atoms with Gasteiger partial charge in [0.1, 0.15) is 17.3 Å². The third-order valence-corrected chi connectivity index (χ3v) is 6.94. The molecule has 208 valence electrons. The summed E-state index contributed by atoms with van der Waals surface area (Å²) >= 11 is 0. The van der Waals surface area contributed by atoms with Gasteiger partial charge >= 0.3 is 5.69 Å². The standard InChI is InChI=1S/C32H36N4O4/c1-3-5-15-23-19-25(20-24(28(23)37)16-6-4-2)30(38)34-27-29(33)36(26-17-11-8-12-18-26)32(40)35(31(27)39)21-22-13-9-7-10-14-22/h7-14,17-20,37H,3-6,15-16,21,33H2,1-2H3,(H,34,38). The smallest absolute Gasteiger partial charge is 0.337 e. The molecular formula is C32H36N4O4. The number of carbonyl (C=O) groups is 1. The van der Waals surface area contributed by atoms with Crippen LogP contribution in [0.15, 0.2) is 82.4 Å². The van der Waals surface area contributed by atoms with Crippen molar-refractivity contribution in [3.8, 4) is 11.4 Å². The van der Waals surface area contributed by atoms with E-state index in [0.717, 1.165) is 35.8 Å². The van der Waals surface area contributed by atoms with Gasteiger partial charge in [0.25, 0.3) is 11.5 Å². The molecule has 0 aliphatic rings. The fourth-order valence-electron chi connectivity index (χ4n) is 4.71. The summed E-state index contributed by atoms with van der Waals surface area (Å²) in [5.74, 6) is -0.473. The minimum absolute atomic E-state index is 0.00995. The number of aromatic hydroxyl groups is 1. The summed E-state index contributed by atoms with van der Waals surface area (Å²) in [4.78, 5) is 40.8. The van der Waals surface area contributed by atoms with Gasteiger partial charge in [-0.25, -0.2) is 9.36 Å². The van der Waals surface area contributed by atoms with Gasteiger partial charge in [-0.3, -0.25) is 14.2 Å². The van der Waals surface area contributed by atoms with E-state index in [1.165, 1.54) is 4.57 Å². The van der Waals surface area contributed by atoms with E-state index >= 15 is 0 Å². The Morgan fingerprint density at radius 3 is 1.98 bits per heavy atom. The molecule has 4 N–H and O–H groups in total. The second kappa shape index (κ2) is 13.0. The highest BCUT2D eigenvalue weighted by atomic mass is 16.3. The maximum Gasteiger partial charge on any atom is 0.337 e. The lowest BCUT2D eigenvalue weighted by molar-refractivity contribution is 0.102. The molecule has 3 aromatic carbocycles. The first-order chi connectivity index (χ1) is 19.3. The Morgan fingerprint density at radius 1 is 0.875 bits per heavy atom. The Bertz CT molecular complexity index is 1560. The number of rotatable bonds is 11. The Labute approximate surface area is 233 Å². The Balaban J connectivity index is 1.82. The quantitative estimate of drug-likeness (QED) is 0.239. The molecule has 0 atom stereocenters. The number of aryl methyl sites for hydroxylation is 2. The molecule has 0 fully saturated rings. The van der Waals surface area contributed by atoms with Gasteiger partial charge < -0.3 is 16.2 Å². The van der Waals surface area contributed by atoms with Crippen LogP contribution >= 0.6 is 0 Å². The molecule has 0 aliphatic carbocycles. The molecule has 0 radical (unpaired) electrons. The number of unbranched alkanes of at least 4 members (excludes halogenated alkanes) is 2. The van der Waals surface area contributed by atoms with E-state index in [0.29, 0.717) is 35.2 Å². The predicted octanol–water partition coefficient (Wildman–Crippen LogP) is 5.27. The average Bonchev–Trinajstić information content (AvgIpc) is 2.97. The van der Waals surface area contributed by atoms with Crippen LogP contribution in [0.4, 0.5) is 11.5 Å². The number of nitrogen functional groups attached to an aromatic ring is 1. The SMILES string of the molecule is CCCCc1cc(C(=O)Nc2c(N)n(-c3ccccc3)c(=O)n(Cc3ccccc3)c2=O)cc(CCCC)c1O. The fraction of sp³-hybridized carbons (Fsp3) is 0.281. The number of phenolic OH excluding ortho intramolecular Hbond substituents is 1. The first-order valence-electron chi connectivity index (χ1n) is 13.8. The van der Waals surface area contributed by atoms with Crippen molar-refractivity contribution in [1.29, 1.82) is 0 Å². The molecule has 0 bridgehead atoms. The molecule has 4 rings (SSSR count). The van der Waals surface area contributed by atoms with E-state index in [4.69, 9.17) is 5.73 Å². The zero-order valence-corrected chi connectivity index (χ0v) is 23.0. The minimum atomic E-state index is -0.692. The van der Waals surface area contributed by atoms with Gasteiger partial charge in [-0.15, -0.1) is 0 Å². The van der Waals surface area contributed by atoms with Crippen LogP contribution in [0, 0.1) is 0 Å². The van der Waals surface area contributed by atoms with Gasteiger partial charge in [-0.1, -0.05) is 75.2 Å². The molecule has 0 aliphatic heterocycles. The van der Waals surface area contributed by atoms with Crippen molar-refractivity contribution in [2.24, 2.45) is 0 Å². The van der Waals surface area contributed by atoms with E-state index in [9.17, 15) is 19.5 Å². The summed E-state index contributed by atoms with van der Waals surface area (Å²) in [7, 11) is 0. The maximum atomic E-state index is 13.7. The number of para-hydroxylation sites is 1. The van der Waals surface area contributed by atoms with Gasteiger partial charge in [0.15, 0.2) is 0 Å². The zero-order valence-electron chi connectivity index (χ0n) is 23.0. The maximum absolute atomic E-state index is 13.7. The number of benzene rings is 3. The van der Waals surface area contributed by atoms with Crippen molar-refractivity contribution in [3.63, 3.8) is 0 Å². The number of phenols is 1. The fourth-order valence-corrected chi connectivity index (χ4v) is 4.71. The molecule has 1 aromatic heterocycles. The molecule has 0 saturated heterocycles. The van der Waals surface area contributed by atoms with Gasteiger partial charge in [0.2, 0.25) is 0 Å². The first kappa shape index (κ1) is 28.4. The van der Waals surface area contributed by atoms with Gasteiger partial charge in [0, 0.05) is 5.56 Å². The Morgan fingerprint density at radius 2 is 1.43 bits per heavy atom. The molecule has 1 amide bonds. The van der Waals surface area contributed by atoms with Gasteiger partial charge in [-0.2, -0.15) is 0 Å². The number of hydrogen-bond donors (Lipinski definition) is 3. The highest BCUT2D eigenvalue weighted by Gasteiger charge is 2.22. The summed E-state index contributed by atoms with van der Waals surface area (Å²) in [5.41, 5.74) is 7.88. The van der Waals surface area contributed by atoms with Crippen LogP contribution in [0.3, 0.4) is 0 Å². The topological polar surface area (TPSA) is 119 Å². The van der Waals surface area contributed by atoms with Crippen molar-refractivity contribution in [2.75, 3.05) is 11.1 Å². The first-order valence-corrected chi connectivity index (χ1v) is 13.8. The number of nitrogens with two attached hydrogens (primary N) is 1. The Kier molecular flexibility index (Phi) is 9.22. The largest absolute Gasteiger partial charge is 0.507 e. The van der Waals surface area contributed by atoms with Crippen LogP contribution in [0.25, 0.3) is 5.69 Å². The predicted molar refractivity (Wildman–Crippen MR) is 160 cm³/mol. The number of amides is 1. The molecule has 0 saturated carbocycles. The van der Waals surface area contributed by atoms with Crippen molar-refractivity contribution in [1.82, 2.24) is 9.13 Å². The molecule has 1 heterocycles. The number of nitrogens with one attached hydrogen (secondary N) is 1. The van der Waals surface area contributed by atoms with E-state index in [1.807, 2.05) is 36.4 Å². The lowest BCUT2D eigenvalue weighted by Gasteiger charge is -2.18. The van der Waals surface area contributed by atoms with Crippen molar-refractivity contribution in [3.05, 3.63) is 116 Å². The third-order valence-electron chi connectivity index (χ3n) is 6.94. The second-order valence-corrected chi connectivity index (χ2v) is 9.90. The second-order valence-electron chi connectivity index (χ2n) is 9.90. The number of aromatic nitrogens is 2. The van der Waals surface area contributed by atoms with E-state index in [1.54, 1.807) is 36.4 Å². The lowest BCUT2D eigenvalue weighted by Crippen LogP contribution is -2.42. The van der Waals surface area contributed by atoms with Crippen molar-refractivity contribution < 1.29 is 9.90 Å². The third kappa shape index (κ3) is 6.17. The van der Waals surface area contributed by atoms with Crippen LogP contribution in [-0.4, -0.2) is 20.1 Å². The van der Waals surface area contributed by atoms with E-state index in [2.05, 4.69) is 19.2 Å². The van der Waals surface area contributed by atoms with Crippen molar-refractivity contribution >= 4 is 17.4 Å². The summed E-state index contributed by atoms with van der Waals surface area (Å²) in [5, 5.41) is 13.6. The molecule has 40 heavy (non-hydrogen) atoms. The number of nitrogens with zero attached hydrogens (tertiary/aromatic N) is 2. The minimum Gasteiger partial charge on any atom is -0.507 e. The van der Waals surface area contributed by atoms with E-state index < -0.39 is 17.2 Å². The molecule has 8 nitrogen and oxygen atoms in total. The highest BCUT2D eigenvalue weighted by Crippen LogP contribution is 2.28. The summed E-state index contributed by atoms with van der Waals surface area (Å²) in [6.45, 7) is 4.14. The summed E-state index contributed by atoms with van der Waals surface area (Å²) < 4.78 is 2.31. The Hall–Kier alpha value is -4.59. The summed E-state index contributed by atoms with van der Waals surface area (Å²) in [6, 6.07) is 21.2. The normalized spacial score (nSPS) is 10.9. The summed E-state index contributed by atoms with van der Waals surface area (Å²) in [6.07, 6.45) is 4.88. The van der Waals surface area contributed by atoms with Crippen molar-refractivity contribution in [2.45, 2.75) is 58.9 Å². The highest BCUT2D eigenvalue weighted by molar-refractivity contribution is 6.05. The number of hydrogen-bond acceptors (Lipinski definition) is 5. The van der Waals surface area contributed by atoms with Crippen LogP contribution in [0.1, 0.15) is 66.6 Å². The van der Waals surface area contributed by atoms with Crippen LogP contribution in [-0.2, 0) is 19.4 Å². The van der Waals surface area contributed by atoms with E-state index in [-0.39, 0.29) is 23.8 Å². The van der Waals surface area contributed by atoms with Crippen LogP contribution in [0.5, 0.6) is 5.75 Å².